The third-order valence-electron chi connectivity index (χ3n) is 6.09. The topological polar surface area (TPSA) is 98.8 Å². The van der Waals surface area contributed by atoms with Crippen LogP contribution in [0.2, 0.25) is 0 Å². The van der Waals surface area contributed by atoms with Gasteiger partial charge in [0.2, 0.25) is 0 Å². The number of nitrogens with zero attached hydrogens (tertiary/aromatic N) is 3. The van der Waals surface area contributed by atoms with Crippen molar-refractivity contribution in [2.75, 3.05) is 24.7 Å². The van der Waals surface area contributed by atoms with E-state index in [4.69, 9.17) is 4.74 Å². The lowest BCUT2D eigenvalue weighted by Gasteiger charge is -2.34. The Morgan fingerprint density at radius 1 is 1.14 bits per heavy atom. The summed E-state index contributed by atoms with van der Waals surface area (Å²) in [6.07, 6.45) is 4.08. The molecule has 12 heteroatoms. The molecule has 3 aromatic rings. The quantitative estimate of drug-likeness (QED) is 0.445. The van der Waals surface area contributed by atoms with Crippen LogP contribution < -0.4 is 9.64 Å². The summed E-state index contributed by atoms with van der Waals surface area (Å²) >= 11 is 0. The Morgan fingerprint density at radius 2 is 1.92 bits per heavy atom. The molecule has 0 saturated heterocycles. The van der Waals surface area contributed by atoms with Gasteiger partial charge in [-0.2, -0.15) is 17.5 Å². The second kappa shape index (κ2) is 10.9. The van der Waals surface area contributed by atoms with Crippen molar-refractivity contribution in [3.8, 4) is 5.75 Å². The van der Waals surface area contributed by atoms with Gasteiger partial charge in [-0.3, -0.25) is 0 Å². The number of hydrogen-bond acceptors (Lipinski definition) is 6. The molecule has 1 aromatic heterocycles. The van der Waals surface area contributed by atoms with E-state index in [2.05, 4.69) is 9.97 Å². The van der Waals surface area contributed by atoms with E-state index in [0.29, 0.717) is 28.4 Å². The Balaban J connectivity index is 1.80. The number of sulfonamides is 1. The molecule has 0 unspecified atom stereocenters. The van der Waals surface area contributed by atoms with Gasteiger partial charge in [0.1, 0.15) is 12.4 Å². The number of aromatic amines is 1. The molecule has 1 aliphatic rings. The van der Waals surface area contributed by atoms with Gasteiger partial charge in [-0.15, -0.1) is 0 Å². The lowest BCUT2D eigenvalue weighted by Crippen LogP contribution is -2.47. The number of nitrogens with one attached hydrogen (secondary N) is 1. The number of aliphatic hydroxyl groups excluding tert-OH is 1. The predicted octanol–water partition coefficient (Wildman–Crippen LogP) is 3.45. The minimum atomic E-state index is -5.62. The van der Waals surface area contributed by atoms with Crippen LogP contribution in [-0.4, -0.2) is 59.1 Å². The second-order valence-corrected chi connectivity index (χ2v) is 10.4. The molecule has 0 bridgehead atoms. The van der Waals surface area contributed by atoms with Gasteiger partial charge in [-0.1, -0.05) is 36.4 Å². The molecule has 2 aromatic carbocycles. The predicted molar refractivity (Wildman–Crippen MR) is 128 cm³/mol. The molecule has 0 saturated carbocycles. The number of imidazole rings is 1. The molecule has 0 amide bonds. The zero-order valence-corrected chi connectivity index (χ0v) is 20.2. The summed E-state index contributed by atoms with van der Waals surface area (Å²) in [5, 5.41) is 9.22. The minimum Gasteiger partial charge on any atom is -0.491 e. The summed E-state index contributed by atoms with van der Waals surface area (Å²) in [6, 6.07) is 13.9. The highest BCUT2D eigenvalue weighted by Gasteiger charge is 2.51. The van der Waals surface area contributed by atoms with Gasteiger partial charge in [0.25, 0.3) is 0 Å². The van der Waals surface area contributed by atoms with Crippen molar-refractivity contribution >= 4 is 15.7 Å². The van der Waals surface area contributed by atoms with Gasteiger partial charge in [0.05, 0.1) is 25.2 Å². The highest BCUT2D eigenvalue weighted by atomic mass is 32.2. The molecule has 0 radical (unpaired) electrons. The lowest BCUT2D eigenvalue weighted by atomic mass is 10.0. The number of benzene rings is 2. The van der Waals surface area contributed by atoms with Crippen molar-refractivity contribution in [3.63, 3.8) is 0 Å². The third kappa shape index (κ3) is 5.66. The summed E-state index contributed by atoms with van der Waals surface area (Å²) in [4.78, 5) is 8.96. The fourth-order valence-electron chi connectivity index (χ4n) is 4.37. The molecule has 1 aliphatic heterocycles. The van der Waals surface area contributed by atoms with E-state index in [1.54, 1.807) is 24.4 Å². The van der Waals surface area contributed by atoms with E-state index in [1.165, 1.54) is 6.33 Å². The van der Waals surface area contributed by atoms with Crippen molar-refractivity contribution < 1.29 is 31.4 Å². The number of rotatable bonds is 9. The van der Waals surface area contributed by atoms with Crippen LogP contribution in [0.3, 0.4) is 0 Å². The highest BCUT2D eigenvalue weighted by Crippen LogP contribution is 2.39. The molecule has 2 N–H and O–H groups in total. The highest BCUT2D eigenvalue weighted by molar-refractivity contribution is 7.89. The van der Waals surface area contributed by atoms with E-state index < -0.39 is 28.1 Å². The first-order valence-electron chi connectivity index (χ1n) is 11.4. The Bertz CT molecular complexity index is 1240. The summed E-state index contributed by atoms with van der Waals surface area (Å²) in [5.41, 5.74) is -2.86. The van der Waals surface area contributed by atoms with E-state index in [-0.39, 0.29) is 32.1 Å². The number of H-pyrrole nitrogens is 1. The summed E-state index contributed by atoms with van der Waals surface area (Å²) in [5.74, 6) is 0.224. The Morgan fingerprint density at radius 3 is 2.58 bits per heavy atom. The molecule has 0 spiro atoms. The number of anilines is 1. The second-order valence-electron chi connectivity index (χ2n) is 8.45. The average molecular weight is 525 g/mol. The average Bonchev–Trinajstić information content (AvgIpc) is 3.31. The number of aryl methyl sites for hydroxylation is 1. The molecule has 0 fully saturated rings. The first kappa shape index (κ1) is 26.0. The van der Waals surface area contributed by atoms with E-state index in [1.807, 2.05) is 35.2 Å². The van der Waals surface area contributed by atoms with Crippen LogP contribution in [0, 0.1) is 0 Å². The number of fused-ring (bicyclic) bond motifs is 1. The van der Waals surface area contributed by atoms with Crippen LogP contribution >= 0.6 is 0 Å². The van der Waals surface area contributed by atoms with Gasteiger partial charge in [0, 0.05) is 36.6 Å². The summed E-state index contributed by atoms with van der Waals surface area (Å²) in [6.45, 7) is -0.987. The van der Waals surface area contributed by atoms with Gasteiger partial charge in [-0.05, 0) is 30.5 Å². The van der Waals surface area contributed by atoms with Crippen molar-refractivity contribution in [1.82, 2.24) is 14.3 Å². The number of hydrogen-bond donors (Lipinski definition) is 2. The number of aromatic nitrogens is 2. The molecule has 194 valence electrons. The van der Waals surface area contributed by atoms with Crippen molar-refractivity contribution in [3.05, 3.63) is 77.9 Å². The fraction of sp³-hybridized carbons (Fsp3) is 0.375. The molecule has 36 heavy (non-hydrogen) atoms. The zero-order chi connectivity index (χ0) is 25.8. The Kier molecular flexibility index (Phi) is 7.86. The standard InChI is InChI=1S/C24H27F3N4O4S/c25-24(26,27)36(33,34)30-15-20(10-9-18-5-2-1-3-6-18)31(14-19-13-28-17-29-19)22-7-4-8-23(21(22)16-30)35-12-11-32/h1-8,13,17,20,32H,9-12,14-16H2,(H,28,29)/t20-/m0/s1. The number of aliphatic hydroxyl groups is 1. The van der Waals surface area contributed by atoms with Crippen molar-refractivity contribution in [2.24, 2.45) is 0 Å². The fourth-order valence-corrected chi connectivity index (χ4v) is 5.33. The Labute approximate surface area is 207 Å². The summed E-state index contributed by atoms with van der Waals surface area (Å²) in [7, 11) is -5.62. The molecular weight excluding hydrogens is 497 g/mol. The van der Waals surface area contributed by atoms with Crippen LogP contribution in [0.15, 0.2) is 61.1 Å². The molecule has 4 rings (SSSR count). The van der Waals surface area contributed by atoms with E-state index >= 15 is 0 Å². The SMILES string of the molecule is O=S(=O)(N1Cc2c(OCCO)cccc2N(Cc2cnc[nH]2)[C@@H](CCc2ccccc2)C1)C(F)(F)F. The van der Waals surface area contributed by atoms with Crippen LogP contribution in [-0.2, 0) is 29.5 Å². The maximum absolute atomic E-state index is 13.7. The number of alkyl halides is 3. The monoisotopic (exact) mass is 524 g/mol. The molecule has 1 atom stereocenters. The third-order valence-corrected chi connectivity index (χ3v) is 7.64. The number of ether oxygens (including phenoxy) is 1. The first-order chi connectivity index (χ1) is 17.2. The van der Waals surface area contributed by atoms with Crippen molar-refractivity contribution in [2.45, 2.75) is 37.5 Å². The van der Waals surface area contributed by atoms with Crippen LogP contribution in [0.25, 0.3) is 0 Å². The number of halogens is 3. The maximum Gasteiger partial charge on any atom is 0.511 e. The van der Waals surface area contributed by atoms with E-state index in [9.17, 15) is 26.7 Å². The molecule has 0 aliphatic carbocycles. The molecular formula is C24H27F3N4O4S. The van der Waals surface area contributed by atoms with Crippen LogP contribution in [0.4, 0.5) is 18.9 Å². The Hall–Kier alpha value is -3.09. The normalized spacial score (nSPS) is 17.0. The van der Waals surface area contributed by atoms with Gasteiger partial charge < -0.3 is 19.7 Å². The van der Waals surface area contributed by atoms with Crippen molar-refractivity contribution in [1.29, 1.82) is 0 Å². The molecule has 8 nitrogen and oxygen atoms in total. The van der Waals surface area contributed by atoms with Crippen LogP contribution in [0.1, 0.15) is 23.2 Å². The van der Waals surface area contributed by atoms with Crippen LogP contribution in [0.5, 0.6) is 5.75 Å². The maximum atomic E-state index is 13.7. The summed E-state index contributed by atoms with van der Waals surface area (Å²) < 4.78 is 72.4. The van der Waals surface area contributed by atoms with Gasteiger partial charge >= 0.3 is 15.5 Å². The first-order valence-corrected chi connectivity index (χ1v) is 12.8. The minimum absolute atomic E-state index is 0.0829. The zero-order valence-electron chi connectivity index (χ0n) is 19.4. The molecule has 2 heterocycles. The lowest BCUT2D eigenvalue weighted by molar-refractivity contribution is -0.0492. The van der Waals surface area contributed by atoms with Gasteiger partial charge in [-0.25, -0.2) is 13.4 Å². The smallest absolute Gasteiger partial charge is 0.491 e. The van der Waals surface area contributed by atoms with E-state index in [0.717, 1.165) is 11.3 Å². The van der Waals surface area contributed by atoms with Gasteiger partial charge in [0.15, 0.2) is 0 Å². The largest absolute Gasteiger partial charge is 0.511 e.